The predicted molar refractivity (Wildman–Crippen MR) is 142 cm³/mol. The van der Waals surface area contributed by atoms with Gasteiger partial charge in [0.15, 0.2) is 5.78 Å². The average Bonchev–Trinajstić information content (AvgIpc) is 3.30. The second kappa shape index (κ2) is 8.73. The summed E-state index contributed by atoms with van der Waals surface area (Å²) >= 11 is 8.72. The monoisotopic (exact) mass is 564 g/mol. The third-order valence-electron chi connectivity index (χ3n) is 10.1. The fourth-order valence-corrected chi connectivity index (χ4v) is 9.80. The number of esters is 2. The van der Waals surface area contributed by atoms with Gasteiger partial charge in [-0.3, -0.25) is 4.79 Å². The van der Waals surface area contributed by atoms with Gasteiger partial charge >= 0.3 is 11.9 Å². The van der Waals surface area contributed by atoms with Gasteiger partial charge < -0.3 is 14.6 Å². The number of ether oxygens (including phenoxy) is 2. The number of aliphatic hydroxyl groups excluding tert-OH is 1. The van der Waals surface area contributed by atoms with Crippen molar-refractivity contribution in [2.24, 2.45) is 28.6 Å². The van der Waals surface area contributed by atoms with Crippen LogP contribution in [0.1, 0.15) is 60.1 Å². The van der Waals surface area contributed by atoms with Gasteiger partial charge in [-0.25, -0.2) is 14.0 Å². The summed E-state index contributed by atoms with van der Waals surface area (Å²) in [5.74, 6) is -3.02. The van der Waals surface area contributed by atoms with E-state index in [9.17, 15) is 19.5 Å². The molecule has 2 unspecified atom stereocenters. The number of allylic oxidation sites excluding steroid dienone is 4. The summed E-state index contributed by atoms with van der Waals surface area (Å²) < 4.78 is 27.3. The largest absolute Gasteiger partial charge is 0.466 e. The molecule has 0 aromatic carbocycles. The van der Waals surface area contributed by atoms with E-state index in [4.69, 9.17) is 21.1 Å². The molecule has 0 spiro atoms. The van der Waals surface area contributed by atoms with E-state index in [0.717, 1.165) is 10.4 Å². The first-order valence-electron chi connectivity index (χ1n) is 13.0. The standard InChI is InChI=1S/C29H34ClFO6S/c1-14-9-16(3)38-23(14)24(34)37-29(25(35)36-6)15(2)10-18-19-12-21(31)20-11-17(32)7-8-26(20,4)28(19,30)22(33)13-27(18,29)5/h7-9,11,15,18-19,21-22,33H,10,12-13H2,1-6H3/t15-,18?,19?,21+,22+,26+,27+,28+,29+/m1/s1. The van der Waals surface area contributed by atoms with Crippen LogP contribution in [0.15, 0.2) is 29.9 Å². The minimum Gasteiger partial charge on any atom is -0.466 e. The smallest absolute Gasteiger partial charge is 0.351 e. The Morgan fingerprint density at radius 3 is 2.50 bits per heavy atom. The molecular weight excluding hydrogens is 531 g/mol. The van der Waals surface area contributed by atoms with Crippen molar-refractivity contribution in [1.29, 1.82) is 0 Å². The number of ketones is 1. The van der Waals surface area contributed by atoms with Crippen molar-refractivity contribution >= 4 is 40.7 Å². The van der Waals surface area contributed by atoms with Crippen LogP contribution in [-0.4, -0.2) is 52.7 Å². The number of aliphatic hydroxyl groups is 1. The molecule has 1 aromatic heterocycles. The Labute approximate surface area is 231 Å². The van der Waals surface area contributed by atoms with Crippen molar-refractivity contribution < 1.29 is 33.4 Å². The first kappa shape index (κ1) is 27.5. The first-order chi connectivity index (χ1) is 17.7. The molecule has 1 N–H and O–H groups in total. The fraction of sp³-hybridized carbons (Fsp3) is 0.621. The second-order valence-electron chi connectivity index (χ2n) is 12.0. The molecule has 4 aliphatic rings. The van der Waals surface area contributed by atoms with Gasteiger partial charge in [0.2, 0.25) is 5.60 Å². The van der Waals surface area contributed by atoms with E-state index in [2.05, 4.69) is 0 Å². The zero-order chi connectivity index (χ0) is 28.0. The van der Waals surface area contributed by atoms with E-state index in [0.29, 0.717) is 11.3 Å². The molecule has 1 heterocycles. The molecule has 38 heavy (non-hydrogen) atoms. The third-order valence-corrected chi connectivity index (χ3v) is 12.2. The Morgan fingerprint density at radius 2 is 1.89 bits per heavy atom. The van der Waals surface area contributed by atoms with Crippen molar-refractivity contribution in [1.82, 2.24) is 0 Å². The normalized spacial score (nSPS) is 43.6. The Bertz CT molecular complexity index is 1290. The summed E-state index contributed by atoms with van der Waals surface area (Å²) in [7, 11) is 1.26. The molecule has 0 bridgehead atoms. The van der Waals surface area contributed by atoms with Crippen LogP contribution < -0.4 is 0 Å². The van der Waals surface area contributed by atoms with Gasteiger partial charge in [0.25, 0.3) is 0 Å². The molecule has 0 amide bonds. The maximum atomic E-state index is 15.8. The molecule has 6 nitrogen and oxygen atoms in total. The summed E-state index contributed by atoms with van der Waals surface area (Å²) in [5, 5.41) is 11.8. The number of rotatable bonds is 3. The number of hydrogen-bond acceptors (Lipinski definition) is 7. The van der Waals surface area contributed by atoms with Crippen LogP contribution in [0, 0.1) is 42.4 Å². The van der Waals surface area contributed by atoms with E-state index in [1.165, 1.54) is 30.6 Å². The van der Waals surface area contributed by atoms with Crippen molar-refractivity contribution in [3.8, 4) is 0 Å². The summed E-state index contributed by atoms with van der Waals surface area (Å²) in [6, 6.07) is 1.89. The summed E-state index contributed by atoms with van der Waals surface area (Å²) in [4.78, 5) is 39.4. The molecular formula is C29H34ClFO6S. The van der Waals surface area contributed by atoms with Crippen LogP contribution in [0.3, 0.4) is 0 Å². The topological polar surface area (TPSA) is 89.9 Å². The number of carbonyl (C=O) groups excluding carboxylic acids is 3. The SMILES string of the molecule is COC(=O)[C@@]1(OC(=O)c2sc(C)cc2C)[C@H](C)CC2C3C[C@H](F)C4=CC(=O)C=C[C@]4(C)[C@@]3(Cl)[C@@H](O)C[C@@]21C. The van der Waals surface area contributed by atoms with Crippen molar-refractivity contribution in [3.63, 3.8) is 0 Å². The van der Waals surface area contributed by atoms with Gasteiger partial charge in [0, 0.05) is 21.6 Å². The molecule has 3 fully saturated rings. The zero-order valence-corrected chi connectivity index (χ0v) is 24.0. The quantitative estimate of drug-likeness (QED) is 0.397. The van der Waals surface area contributed by atoms with Crippen LogP contribution in [0.5, 0.6) is 0 Å². The molecule has 3 saturated carbocycles. The molecule has 1 aromatic rings. The lowest BCUT2D eigenvalue weighted by Gasteiger charge is -2.64. The van der Waals surface area contributed by atoms with Gasteiger partial charge in [0.1, 0.15) is 11.0 Å². The van der Waals surface area contributed by atoms with Crippen LogP contribution in [0.25, 0.3) is 0 Å². The fourth-order valence-electron chi connectivity index (χ4n) is 8.41. The zero-order valence-electron chi connectivity index (χ0n) is 22.5. The van der Waals surface area contributed by atoms with Crippen LogP contribution in [0.2, 0.25) is 0 Å². The van der Waals surface area contributed by atoms with E-state index in [1.807, 2.05) is 33.8 Å². The lowest BCUT2D eigenvalue weighted by atomic mass is 9.45. The molecule has 0 aliphatic heterocycles. The van der Waals surface area contributed by atoms with Crippen LogP contribution >= 0.6 is 22.9 Å². The summed E-state index contributed by atoms with van der Waals surface area (Å²) in [5.41, 5.74) is -2.85. The summed E-state index contributed by atoms with van der Waals surface area (Å²) in [6.07, 6.45) is 2.13. The number of fused-ring (bicyclic) bond motifs is 5. The van der Waals surface area contributed by atoms with Gasteiger partial charge in [-0.2, -0.15) is 0 Å². The predicted octanol–water partition coefficient (Wildman–Crippen LogP) is 5.27. The van der Waals surface area contributed by atoms with E-state index >= 15 is 4.39 Å². The number of thiophene rings is 1. The van der Waals surface area contributed by atoms with E-state index < -0.39 is 57.4 Å². The van der Waals surface area contributed by atoms with Crippen molar-refractivity contribution in [2.75, 3.05) is 7.11 Å². The number of carbonyl (C=O) groups is 3. The van der Waals surface area contributed by atoms with Crippen molar-refractivity contribution in [3.05, 3.63) is 45.2 Å². The molecule has 9 atom stereocenters. The van der Waals surface area contributed by atoms with Gasteiger partial charge in [0.05, 0.1) is 18.1 Å². The molecule has 0 radical (unpaired) electrons. The first-order valence-corrected chi connectivity index (χ1v) is 14.2. The second-order valence-corrected chi connectivity index (χ2v) is 13.9. The summed E-state index contributed by atoms with van der Waals surface area (Å²) in [6.45, 7) is 9.15. The van der Waals surface area contributed by atoms with Crippen LogP contribution in [0.4, 0.5) is 4.39 Å². The molecule has 0 saturated heterocycles. The number of aryl methyl sites for hydroxylation is 2. The third kappa shape index (κ3) is 3.29. The minimum absolute atomic E-state index is 0.00942. The number of methoxy groups -OCH3 is 1. The van der Waals surface area contributed by atoms with Crippen molar-refractivity contribution in [2.45, 2.75) is 76.6 Å². The molecule has 4 aliphatic carbocycles. The van der Waals surface area contributed by atoms with Gasteiger partial charge in [-0.1, -0.05) is 26.8 Å². The highest BCUT2D eigenvalue weighted by molar-refractivity contribution is 7.14. The lowest BCUT2D eigenvalue weighted by molar-refractivity contribution is -0.199. The van der Waals surface area contributed by atoms with Gasteiger partial charge in [-0.15, -0.1) is 22.9 Å². The highest BCUT2D eigenvalue weighted by atomic mass is 35.5. The maximum Gasteiger partial charge on any atom is 0.351 e. The average molecular weight is 565 g/mol. The molecule has 206 valence electrons. The van der Waals surface area contributed by atoms with Crippen LogP contribution in [-0.2, 0) is 19.1 Å². The van der Waals surface area contributed by atoms with E-state index in [-0.39, 0.29) is 30.1 Å². The Hall–Kier alpha value is -2.03. The maximum absolute atomic E-state index is 15.8. The number of alkyl halides is 2. The Balaban J connectivity index is 1.63. The molecule has 9 heteroatoms. The Kier molecular flexibility index (Phi) is 6.33. The van der Waals surface area contributed by atoms with Gasteiger partial charge in [-0.05, 0) is 74.3 Å². The highest BCUT2D eigenvalue weighted by Gasteiger charge is 2.78. The van der Waals surface area contributed by atoms with E-state index in [1.54, 1.807) is 13.0 Å². The molecule has 5 rings (SSSR count). The minimum atomic E-state index is -1.70. The lowest BCUT2D eigenvalue weighted by Crippen LogP contribution is -2.70. The number of hydrogen-bond donors (Lipinski definition) is 1. The highest BCUT2D eigenvalue weighted by Crippen LogP contribution is 2.72. The number of halogens is 2. The Morgan fingerprint density at radius 1 is 1.21 bits per heavy atom.